The molecule has 19 heavy (non-hydrogen) atoms. The van der Waals surface area contributed by atoms with Crippen molar-refractivity contribution >= 4 is 5.91 Å². The van der Waals surface area contributed by atoms with Crippen molar-refractivity contribution in [3.05, 3.63) is 30.1 Å². The van der Waals surface area contributed by atoms with Crippen LogP contribution in [0, 0.1) is 17.7 Å². The number of carbonyl (C=O) groups excluding carboxylic acids is 1. The van der Waals surface area contributed by atoms with E-state index in [1.54, 1.807) is 12.1 Å². The SMILES string of the molecule is O=C(COc1ccccc1F)N[C@@H]1C[C@H]2CC[C@H]1C2. The lowest BCUT2D eigenvalue weighted by Gasteiger charge is -2.22. The van der Waals surface area contributed by atoms with Crippen LogP contribution in [0.4, 0.5) is 4.39 Å². The molecule has 1 amide bonds. The molecule has 0 unspecified atom stereocenters. The average molecular weight is 263 g/mol. The smallest absolute Gasteiger partial charge is 0.258 e. The summed E-state index contributed by atoms with van der Waals surface area (Å²) in [6.07, 6.45) is 4.88. The number of fused-ring (bicyclic) bond motifs is 2. The van der Waals surface area contributed by atoms with Crippen LogP contribution in [0.5, 0.6) is 5.75 Å². The maximum absolute atomic E-state index is 13.3. The number of hydrogen-bond acceptors (Lipinski definition) is 2. The van der Waals surface area contributed by atoms with E-state index in [0.29, 0.717) is 12.0 Å². The summed E-state index contributed by atoms with van der Waals surface area (Å²) in [7, 11) is 0. The molecule has 0 heterocycles. The molecular weight excluding hydrogens is 245 g/mol. The maximum atomic E-state index is 13.3. The van der Waals surface area contributed by atoms with Gasteiger partial charge in [-0.2, -0.15) is 0 Å². The van der Waals surface area contributed by atoms with Gasteiger partial charge in [0.1, 0.15) is 0 Å². The van der Waals surface area contributed by atoms with E-state index in [0.717, 1.165) is 12.3 Å². The second kappa shape index (κ2) is 5.19. The van der Waals surface area contributed by atoms with Crippen molar-refractivity contribution in [2.24, 2.45) is 11.8 Å². The number of hydrogen-bond donors (Lipinski definition) is 1. The third-order valence-electron chi connectivity index (χ3n) is 4.28. The van der Waals surface area contributed by atoms with Gasteiger partial charge in [0.2, 0.25) is 0 Å². The van der Waals surface area contributed by atoms with Crippen LogP contribution in [-0.2, 0) is 4.79 Å². The first-order chi connectivity index (χ1) is 9.22. The number of para-hydroxylation sites is 1. The Morgan fingerprint density at radius 3 is 2.84 bits per heavy atom. The molecular formula is C15H18FNO2. The minimum Gasteiger partial charge on any atom is -0.481 e. The van der Waals surface area contributed by atoms with E-state index in [-0.39, 0.29) is 18.3 Å². The highest BCUT2D eigenvalue weighted by molar-refractivity contribution is 5.78. The molecule has 3 rings (SSSR count). The highest BCUT2D eigenvalue weighted by atomic mass is 19.1. The molecule has 3 nitrogen and oxygen atoms in total. The van der Waals surface area contributed by atoms with Gasteiger partial charge < -0.3 is 10.1 Å². The molecule has 2 aliphatic rings. The van der Waals surface area contributed by atoms with Crippen LogP contribution >= 0.6 is 0 Å². The van der Waals surface area contributed by atoms with Crippen LogP contribution in [0.15, 0.2) is 24.3 Å². The highest BCUT2D eigenvalue weighted by Gasteiger charge is 2.40. The van der Waals surface area contributed by atoms with Crippen molar-refractivity contribution in [1.29, 1.82) is 0 Å². The molecule has 4 heteroatoms. The lowest BCUT2D eigenvalue weighted by atomic mass is 9.95. The normalized spacial score (nSPS) is 28.4. The summed E-state index contributed by atoms with van der Waals surface area (Å²) in [5.74, 6) is 0.979. The van der Waals surface area contributed by atoms with Gasteiger partial charge in [0.05, 0.1) is 0 Å². The summed E-state index contributed by atoms with van der Waals surface area (Å²) in [6, 6.07) is 6.43. The molecule has 0 aromatic heterocycles. The molecule has 0 saturated heterocycles. The van der Waals surface area contributed by atoms with Gasteiger partial charge in [-0.15, -0.1) is 0 Å². The molecule has 1 aromatic carbocycles. The first-order valence-corrected chi connectivity index (χ1v) is 6.89. The fourth-order valence-electron chi connectivity index (χ4n) is 3.38. The topological polar surface area (TPSA) is 38.3 Å². The van der Waals surface area contributed by atoms with Crippen LogP contribution < -0.4 is 10.1 Å². The zero-order valence-electron chi connectivity index (χ0n) is 10.8. The quantitative estimate of drug-likeness (QED) is 0.906. The number of halogens is 1. The minimum atomic E-state index is -0.435. The molecule has 1 N–H and O–H groups in total. The Labute approximate surface area is 112 Å². The van der Waals surface area contributed by atoms with Crippen LogP contribution in [0.1, 0.15) is 25.7 Å². The van der Waals surface area contributed by atoms with Gasteiger partial charge in [0, 0.05) is 6.04 Å². The van der Waals surface area contributed by atoms with Crippen molar-refractivity contribution in [1.82, 2.24) is 5.32 Å². The number of ether oxygens (including phenoxy) is 1. The lowest BCUT2D eigenvalue weighted by molar-refractivity contribution is -0.124. The fraction of sp³-hybridized carbons (Fsp3) is 0.533. The van der Waals surface area contributed by atoms with Gasteiger partial charge in [-0.25, -0.2) is 4.39 Å². The Morgan fingerprint density at radius 1 is 1.32 bits per heavy atom. The van der Waals surface area contributed by atoms with E-state index < -0.39 is 5.82 Å². The zero-order valence-corrected chi connectivity index (χ0v) is 10.8. The summed E-state index contributed by atoms with van der Waals surface area (Å²) in [5.41, 5.74) is 0. The predicted octanol–water partition coefficient (Wildman–Crippen LogP) is 2.51. The maximum Gasteiger partial charge on any atom is 0.258 e. The van der Waals surface area contributed by atoms with Crippen LogP contribution in [0.2, 0.25) is 0 Å². The molecule has 2 bridgehead atoms. The van der Waals surface area contributed by atoms with Gasteiger partial charge in [-0.1, -0.05) is 18.6 Å². The Hall–Kier alpha value is -1.58. The van der Waals surface area contributed by atoms with E-state index in [1.165, 1.54) is 31.4 Å². The minimum absolute atomic E-state index is 0.116. The summed E-state index contributed by atoms with van der Waals surface area (Å²) in [5, 5.41) is 3.01. The predicted molar refractivity (Wildman–Crippen MR) is 69.3 cm³/mol. The van der Waals surface area contributed by atoms with Crippen LogP contribution in [-0.4, -0.2) is 18.6 Å². The molecule has 2 aliphatic carbocycles. The van der Waals surface area contributed by atoms with E-state index >= 15 is 0 Å². The van der Waals surface area contributed by atoms with Crippen molar-refractivity contribution < 1.29 is 13.9 Å². The summed E-state index contributed by atoms with van der Waals surface area (Å²) >= 11 is 0. The van der Waals surface area contributed by atoms with E-state index in [2.05, 4.69) is 5.32 Å². The first kappa shape index (κ1) is 12.5. The van der Waals surface area contributed by atoms with Gasteiger partial charge in [0.25, 0.3) is 5.91 Å². The monoisotopic (exact) mass is 263 g/mol. The standard InChI is InChI=1S/C15H18FNO2/c16-12-3-1-2-4-14(12)19-9-15(18)17-13-8-10-5-6-11(13)7-10/h1-4,10-11,13H,5-9H2,(H,17,18)/t10-,11-,13+/m0/s1. The summed E-state index contributed by atoms with van der Waals surface area (Å²) in [4.78, 5) is 11.8. The third kappa shape index (κ3) is 2.72. The first-order valence-electron chi connectivity index (χ1n) is 6.89. The van der Waals surface area contributed by atoms with Crippen molar-refractivity contribution in [2.75, 3.05) is 6.61 Å². The molecule has 3 atom stereocenters. The van der Waals surface area contributed by atoms with Crippen molar-refractivity contribution in [2.45, 2.75) is 31.7 Å². The van der Waals surface area contributed by atoms with Crippen molar-refractivity contribution in [3.63, 3.8) is 0 Å². The summed E-state index contributed by atoms with van der Waals surface area (Å²) in [6.45, 7) is -0.116. The number of nitrogens with one attached hydrogen (secondary N) is 1. The van der Waals surface area contributed by atoms with Crippen LogP contribution in [0.3, 0.4) is 0 Å². The highest BCUT2D eigenvalue weighted by Crippen LogP contribution is 2.44. The molecule has 0 spiro atoms. The van der Waals surface area contributed by atoms with E-state index in [9.17, 15) is 9.18 Å². The summed E-state index contributed by atoms with van der Waals surface area (Å²) < 4.78 is 18.5. The van der Waals surface area contributed by atoms with Gasteiger partial charge in [-0.3, -0.25) is 4.79 Å². The second-order valence-electron chi connectivity index (χ2n) is 5.57. The Kier molecular flexibility index (Phi) is 3.40. The third-order valence-corrected chi connectivity index (χ3v) is 4.28. The Bertz CT molecular complexity index is 477. The Balaban J connectivity index is 1.48. The number of carbonyl (C=O) groups is 1. The average Bonchev–Trinajstić information content (AvgIpc) is 3.00. The largest absolute Gasteiger partial charge is 0.481 e. The van der Waals surface area contributed by atoms with Gasteiger partial charge in [0.15, 0.2) is 18.2 Å². The van der Waals surface area contributed by atoms with Gasteiger partial charge in [-0.05, 0) is 43.2 Å². The van der Waals surface area contributed by atoms with E-state index in [4.69, 9.17) is 4.74 Å². The Morgan fingerprint density at radius 2 is 2.16 bits per heavy atom. The van der Waals surface area contributed by atoms with Crippen LogP contribution in [0.25, 0.3) is 0 Å². The molecule has 102 valence electrons. The molecule has 2 fully saturated rings. The molecule has 0 aliphatic heterocycles. The van der Waals surface area contributed by atoms with Crippen molar-refractivity contribution in [3.8, 4) is 5.75 Å². The second-order valence-corrected chi connectivity index (χ2v) is 5.57. The molecule has 1 aromatic rings. The number of amides is 1. The molecule has 0 radical (unpaired) electrons. The van der Waals surface area contributed by atoms with E-state index in [1.807, 2.05) is 0 Å². The zero-order chi connectivity index (χ0) is 13.2. The number of benzene rings is 1. The fourth-order valence-corrected chi connectivity index (χ4v) is 3.38. The molecule has 2 saturated carbocycles. The van der Waals surface area contributed by atoms with Gasteiger partial charge >= 0.3 is 0 Å². The lowest BCUT2D eigenvalue weighted by Crippen LogP contribution is -2.40. The number of rotatable bonds is 4.